The van der Waals surface area contributed by atoms with E-state index < -0.39 is 0 Å². The largest absolute Gasteiger partial charge is 0.353 e. The summed E-state index contributed by atoms with van der Waals surface area (Å²) < 4.78 is 0. The van der Waals surface area contributed by atoms with Crippen molar-refractivity contribution >= 4 is 23.0 Å². The van der Waals surface area contributed by atoms with Gasteiger partial charge in [0.2, 0.25) is 5.91 Å². The molecule has 2 aromatic rings. The summed E-state index contributed by atoms with van der Waals surface area (Å²) in [4.78, 5) is 27.3. The molecule has 3 rings (SSSR count). The van der Waals surface area contributed by atoms with E-state index in [-0.39, 0.29) is 24.2 Å². The number of ketones is 1. The number of likely N-dealkylation sites (tertiary alicyclic amines) is 1. The molecule has 2 heterocycles. The van der Waals surface area contributed by atoms with Crippen molar-refractivity contribution in [3.05, 3.63) is 57.8 Å². The van der Waals surface area contributed by atoms with Gasteiger partial charge in [0, 0.05) is 38.5 Å². The van der Waals surface area contributed by atoms with Gasteiger partial charge in [-0.1, -0.05) is 30.3 Å². The Bertz CT molecular complexity index is 734. The Morgan fingerprint density at radius 2 is 1.88 bits per heavy atom. The van der Waals surface area contributed by atoms with Crippen molar-refractivity contribution in [2.45, 2.75) is 45.2 Å². The van der Waals surface area contributed by atoms with Crippen molar-refractivity contribution in [1.82, 2.24) is 10.2 Å². The van der Waals surface area contributed by atoms with Gasteiger partial charge < -0.3 is 5.32 Å². The smallest absolute Gasteiger partial charge is 0.220 e. The first-order valence-corrected chi connectivity index (χ1v) is 10.1. The summed E-state index contributed by atoms with van der Waals surface area (Å²) >= 11 is 1.43. The number of Topliss-reactive ketones (excluding diaryl/α,β-unsaturated/α-hetero) is 1. The van der Waals surface area contributed by atoms with E-state index in [0.717, 1.165) is 37.4 Å². The Labute approximate surface area is 159 Å². The molecule has 1 N–H and O–H groups in total. The minimum Gasteiger partial charge on any atom is -0.353 e. The lowest BCUT2D eigenvalue weighted by atomic mass is 10.0. The normalized spacial score (nSPS) is 15.7. The van der Waals surface area contributed by atoms with Gasteiger partial charge in [0.15, 0.2) is 5.78 Å². The van der Waals surface area contributed by atoms with Crippen LogP contribution in [-0.2, 0) is 11.3 Å². The van der Waals surface area contributed by atoms with Crippen LogP contribution in [0.25, 0.3) is 0 Å². The highest BCUT2D eigenvalue weighted by molar-refractivity contribution is 7.12. The molecule has 0 unspecified atom stereocenters. The summed E-state index contributed by atoms with van der Waals surface area (Å²) in [5.74, 6) is 0.0514. The number of nitrogens with one attached hydrogen (secondary N) is 1. The Kier molecular flexibility index (Phi) is 6.58. The van der Waals surface area contributed by atoms with Crippen LogP contribution >= 0.6 is 11.3 Å². The quantitative estimate of drug-likeness (QED) is 0.754. The zero-order valence-electron chi connectivity index (χ0n) is 15.2. The van der Waals surface area contributed by atoms with Crippen molar-refractivity contribution in [3.8, 4) is 0 Å². The van der Waals surface area contributed by atoms with Gasteiger partial charge >= 0.3 is 0 Å². The molecule has 0 aliphatic carbocycles. The number of carbonyl (C=O) groups is 2. The van der Waals surface area contributed by atoms with E-state index in [1.165, 1.54) is 22.5 Å². The Hall–Kier alpha value is -1.98. The molecule has 1 aliphatic rings. The molecule has 0 atom stereocenters. The van der Waals surface area contributed by atoms with E-state index >= 15 is 0 Å². The van der Waals surface area contributed by atoms with E-state index in [2.05, 4.69) is 41.4 Å². The lowest BCUT2D eigenvalue weighted by molar-refractivity contribution is -0.122. The zero-order chi connectivity index (χ0) is 18.4. The summed E-state index contributed by atoms with van der Waals surface area (Å²) in [5.41, 5.74) is 2.71. The molecular weight excluding hydrogens is 344 g/mol. The summed E-state index contributed by atoms with van der Waals surface area (Å²) in [7, 11) is 0. The van der Waals surface area contributed by atoms with Gasteiger partial charge in [0.05, 0.1) is 4.88 Å². The monoisotopic (exact) mass is 370 g/mol. The molecule has 26 heavy (non-hydrogen) atoms. The minimum atomic E-state index is -0.00717. The number of nitrogens with zero attached hydrogens (tertiary/aromatic N) is 1. The number of hydrogen-bond acceptors (Lipinski definition) is 4. The van der Waals surface area contributed by atoms with Crippen LogP contribution in [0.1, 0.15) is 46.5 Å². The highest BCUT2D eigenvalue weighted by Crippen LogP contribution is 2.17. The van der Waals surface area contributed by atoms with Crippen LogP contribution in [-0.4, -0.2) is 35.7 Å². The number of hydrogen-bond donors (Lipinski definition) is 1. The summed E-state index contributed by atoms with van der Waals surface area (Å²) in [5, 5.41) is 4.99. The molecular formula is C21H26N2O2S. The Morgan fingerprint density at radius 1 is 1.12 bits per heavy atom. The Balaban J connectivity index is 1.37. The van der Waals surface area contributed by atoms with E-state index in [1.807, 2.05) is 17.5 Å². The molecule has 4 nitrogen and oxygen atoms in total. The molecule has 1 fully saturated rings. The summed E-state index contributed by atoms with van der Waals surface area (Å²) in [6.07, 6.45) is 2.51. The molecule has 1 saturated heterocycles. The average Bonchev–Trinajstić information content (AvgIpc) is 3.18. The van der Waals surface area contributed by atoms with Crippen molar-refractivity contribution < 1.29 is 9.59 Å². The fourth-order valence-corrected chi connectivity index (χ4v) is 4.05. The maximum atomic E-state index is 12.1. The van der Waals surface area contributed by atoms with Crippen molar-refractivity contribution in [2.75, 3.05) is 13.1 Å². The highest BCUT2D eigenvalue weighted by Gasteiger charge is 2.21. The molecule has 138 valence electrons. The lowest BCUT2D eigenvalue weighted by Crippen LogP contribution is -2.44. The number of piperidine rings is 1. The molecule has 5 heteroatoms. The number of rotatable bonds is 7. The van der Waals surface area contributed by atoms with Crippen LogP contribution in [0.15, 0.2) is 41.8 Å². The van der Waals surface area contributed by atoms with Crippen LogP contribution in [0, 0.1) is 6.92 Å². The second kappa shape index (κ2) is 9.10. The van der Waals surface area contributed by atoms with Gasteiger partial charge in [0.25, 0.3) is 0 Å². The third-order valence-corrected chi connectivity index (χ3v) is 5.89. The van der Waals surface area contributed by atoms with Gasteiger partial charge in [-0.15, -0.1) is 11.3 Å². The number of thiophene rings is 1. The van der Waals surface area contributed by atoms with E-state index in [4.69, 9.17) is 0 Å². The predicted octanol–water partition coefficient (Wildman–Crippen LogP) is 3.80. The number of amides is 1. The Morgan fingerprint density at radius 3 is 2.58 bits per heavy atom. The fraction of sp³-hybridized carbons (Fsp3) is 0.429. The standard InChI is InChI=1S/C21H26N2O2S/c1-16-5-2-3-6-17(16)15-23-12-10-18(11-13-23)22-21(25)9-8-19(24)20-7-4-14-26-20/h2-7,14,18H,8-13,15H2,1H3,(H,22,25). The summed E-state index contributed by atoms with van der Waals surface area (Å²) in [6, 6.07) is 12.4. The maximum absolute atomic E-state index is 12.1. The minimum absolute atomic E-state index is 0.00717. The van der Waals surface area contributed by atoms with Gasteiger partial charge in [-0.05, 0) is 42.3 Å². The van der Waals surface area contributed by atoms with Gasteiger partial charge in [-0.25, -0.2) is 0 Å². The molecule has 0 bridgehead atoms. The second-order valence-electron chi connectivity index (χ2n) is 6.94. The molecule has 1 aromatic heterocycles. The molecule has 0 spiro atoms. The number of carbonyl (C=O) groups excluding carboxylic acids is 2. The zero-order valence-corrected chi connectivity index (χ0v) is 16.1. The fourth-order valence-electron chi connectivity index (χ4n) is 3.35. The molecule has 1 aromatic carbocycles. The average molecular weight is 371 g/mol. The van der Waals surface area contributed by atoms with Gasteiger partial charge in [-0.2, -0.15) is 0 Å². The molecule has 1 aliphatic heterocycles. The molecule has 0 radical (unpaired) electrons. The van der Waals surface area contributed by atoms with Gasteiger partial charge in [-0.3, -0.25) is 14.5 Å². The van der Waals surface area contributed by atoms with Gasteiger partial charge in [0.1, 0.15) is 0 Å². The van der Waals surface area contributed by atoms with E-state index in [1.54, 1.807) is 0 Å². The van der Waals surface area contributed by atoms with Crippen molar-refractivity contribution in [2.24, 2.45) is 0 Å². The first kappa shape index (κ1) is 18.8. The van der Waals surface area contributed by atoms with Crippen LogP contribution < -0.4 is 5.32 Å². The molecule has 1 amide bonds. The first-order valence-electron chi connectivity index (χ1n) is 9.25. The lowest BCUT2D eigenvalue weighted by Gasteiger charge is -2.32. The second-order valence-corrected chi connectivity index (χ2v) is 7.89. The third-order valence-electron chi connectivity index (χ3n) is 4.98. The maximum Gasteiger partial charge on any atom is 0.220 e. The van der Waals surface area contributed by atoms with Crippen LogP contribution in [0.5, 0.6) is 0 Å². The summed E-state index contributed by atoms with van der Waals surface area (Å²) in [6.45, 7) is 5.11. The van der Waals surface area contributed by atoms with Crippen molar-refractivity contribution in [3.63, 3.8) is 0 Å². The number of benzene rings is 1. The SMILES string of the molecule is Cc1ccccc1CN1CCC(NC(=O)CCC(=O)c2cccs2)CC1. The molecule has 0 saturated carbocycles. The van der Waals surface area contributed by atoms with Crippen LogP contribution in [0.2, 0.25) is 0 Å². The van der Waals surface area contributed by atoms with Crippen molar-refractivity contribution in [1.29, 1.82) is 0 Å². The topological polar surface area (TPSA) is 49.4 Å². The predicted molar refractivity (Wildman–Crippen MR) is 106 cm³/mol. The van der Waals surface area contributed by atoms with Crippen LogP contribution in [0.4, 0.5) is 0 Å². The first-order chi connectivity index (χ1) is 12.6. The van der Waals surface area contributed by atoms with Crippen LogP contribution in [0.3, 0.4) is 0 Å². The highest BCUT2D eigenvalue weighted by atomic mass is 32.1. The van der Waals surface area contributed by atoms with E-state index in [9.17, 15) is 9.59 Å². The van der Waals surface area contributed by atoms with E-state index in [0.29, 0.717) is 6.42 Å². The number of aryl methyl sites for hydroxylation is 1. The third kappa shape index (κ3) is 5.26.